The molecule has 1 fully saturated rings. The van der Waals surface area contributed by atoms with Crippen LogP contribution in [0.15, 0.2) is 78.9 Å². The van der Waals surface area contributed by atoms with Crippen LogP contribution in [0.4, 0.5) is 0 Å². The number of methoxy groups -OCH3 is 1. The van der Waals surface area contributed by atoms with Crippen molar-refractivity contribution in [2.45, 2.75) is 31.6 Å². The van der Waals surface area contributed by atoms with E-state index in [0.717, 1.165) is 31.1 Å². The molecule has 1 unspecified atom stereocenters. The third kappa shape index (κ3) is 6.11. The second-order valence-corrected chi connectivity index (χ2v) is 8.34. The SMILES string of the molecule is COc1ccc(CC(c2ccccc2)c2ccc(OCCN3CCCCC3)cc2)cc1. The van der Waals surface area contributed by atoms with Crippen molar-refractivity contribution in [3.63, 3.8) is 0 Å². The number of likely N-dealkylation sites (tertiary alicyclic amines) is 1. The number of rotatable bonds is 9. The van der Waals surface area contributed by atoms with E-state index in [-0.39, 0.29) is 0 Å². The minimum Gasteiger partial charge on any atom is -0.497 e. The molecule has 0 N–H and O–H groups in total. The van der Waals surface area contributed by atoms with Gasteiger partial charge in [-0.05, 0) is 73.3 Å². The number of nitrogens with zero attached hydrogens (tertiary/aromatic N) is 1. The summed E-state index contributed by atoms with van der Waals surface area (Å²) in [5.74, 6) is 2.15. The van der Waals surface area contributed by atoms with Crippen LogP contribution in [-0.2, 0) is 6.42 Å². The average Bonchev–Trinajstić information content (AvgIpc) is 2.85. The standard InChI is InChI=1S/C28H33NO2/c1-30-26-14-10-23(11-15-26)22-28(24-8-4-2-5-9-24)25-12-16-27(17-13-25)31-21-20-29-18-6-3-7-19-29/h2,4-5,8-17,28H,3,6-7,18-22H2,1H3. The molecule has 1 aliphatic rings. The van der Waals surface area contributed by atoms with Gasteiger partial charge in [0.25, 0.3) is 0 Å². The molecule has 0 radical (unpaired) electrons. The molecule has 3 heteroatoms. The van der Waals surface area contributed by atoms with Crippen LogP contribution in [-0.4, -0.2) is 38.3 Å². The Kier molecular flexibility index (Phi) is 7.62. The summed E-state index contributed by atoms with van der Waals surface area (Å²) in [5.41, 5.74) is 3.94. The lowest BCUT2D eigenvalue weighted by Gasteiger charge is -2.26. The number of benzene rings is 3. The lowest BCUT2D eigenvalue weighted by atomic mass is 9.86. The van der Waals surface area contributed by atoms with Crippen molar-refractivity contribution in [1.29, 1.82) is 0 Å². The molecule has 0 aromatic heterocycles. The minimum atomic E-state index is 0.303. The largest absolute Gasteiger partial charge is 0.497 e. The molecule has 1 saturated heterocycles. The van der Waals surface area contributed by atoms with E-state index in [1.165, 1.54) is 49.0 Å². The maximum Gasteiger partial charge on any atom is 0.119 e. The molecule has 0 saturated carbocycles. The highest BCUT2D eigenvalue weighted by Crippen LogP contribution is 2.30. The summed E-state index contributed by atoms with van der Waals surface area (Å²) in [4.78, 5) is 2.51. The molecule has 31 heavy (non-hydrogen) atoms. The molecule has 3 nitrogen and oxygen atoms in total. The highest BCUT2D eigenvalue weighted by molar-refractivity contribution is 5.38. The fourth-order valence-electron chi connectivity index (χ4n) is 4.38. The Bertz CT molecular complexity index is 900. The van der Waals surface area contributed by atoms with Crippen molar-refractivity contribution in [1.82, 2.24) is 4.90 Å². The van der Waals surface area contributed by atoms with Gasteiger partial charge < -0.3 is 9.47 Å². The lowest BCUT2D eigenvalue weighted by molar-refractivity contribution is 0.183. The first kappa shape index (κ1) is 21.5. The third-order valence-corrected chi connectivity index (χ3v) is 6.21. The Balaban J connectivity index is 1.43. The van der Waals surface area contributed by atoms with E-state index in [1.54, 1.807) is 7.11 Å². The first-order chi connectivity index (χ1) is 15.3. The Morgan fingerprint density at radius 1 is 0.742 bits per heavy atom. The van der Waals surface area contributed by atoms with Gasteiger partial charge in [-0.2, -0.15) is 0 Å². The highest BCUT2D eigenvalue weighted by atomic mass is 16.5. The molecule has 3 aromatic carbocycles. The third-order valence-electron chi connectivity index (χ3n) is 6.21. The van der Waals surface area contributed by atoms with Crippen LogP contribution >= 0.6 is 0 Å². The minimum absolute atomic E-state index is 0.303. The normalized spacial score (nSPS) is 15.4. The summed E-state index contributed by atoms with van der Waals surface area (Å²) in [7, 11) is 1.71. The van der Waals surface area contributed by atoms with Gasteiger partial charge >= 0.3 is 0 Å². The highest BCUT2D eigenvalue weighted by Gasteiger charge is 2.15. The summed E-state index contributed by atoms with van der Waals surface area (Å²) in [6.07, 6.45) is 4.97. The van der Waals surface area contributed by atoms with E-state index in [9.17, 15) is 0 Å². The van der Waals surface area contributed by atoms with E-state index < -0.39 is 0 Å². The van der Waals surface area contributed by atoms with Crippen molar-refractivity contribution < 1.29 is 9.47 Å². The monoisotopic (exact) mass is 415 g/mol. The second-order valence-electron chi connectivity index (χ2n) is 8.34. The molecule has 4 rings (SSSR count). The summed E-state index contributed by atoms with van der Waals surface area (Å²) in [6.45, 7) is 4.21. The molecule has 0 bridgehead atoms. The number of hydrogen-bond acceptors (Lipinski definition) is 3. The van der Waals surface area contributed by atoms with Crippen molar-refractivity contribution in [2.75, 3.05) is 33.4 Å². The Hall–Kier alpha value is -2.78. The van der Waals surface area contributed by atoms with Gasteiger partial charge in [-0.3, -0.25) is 4.90 Å². The van der Waals surface area contributed by atoms with Gasteiger partial charge in [0.05, 0.1) is 7.11 Å². The Morgan fingerprint density at radius 2 is 1.39 bits per heavy atom. The predicted octanol–water partition coefficient (Wildman–Crippen LogP) is 5.93. The van der Waals surface area contributed by atoms with Gasteiger partial charge in [0.1, 0.15) is 18.1 Å². The zero-order chi connectivity index (χ0) is 21.3. The van der Waals surface area contributed by atoms with Crippen LogP contribution in [0.1, 0.15) is 41.9 Å². The molecule has 1 aliphatic heterocycles. The van der Waals surface area contributed by atoms with Gasteiger partial charge in [-0.1, -0.05) is 61.0 Å². The zero-order valence-corrected chi connectivity index (χ0v) is 18.5. The molecule has 0 spiro atoms. The number of piperidine rings is 1. The van der Waals surface area contributed by atoms with Crippen molar-refractivity contribution >= 4 is 0 Å². The first-order valence-electron chi connectivity index (χ1n) is 11.4. The van der Waals surface area contributed by atoms with Crippen LogP contribution in [0, 0.1) is 0 Å². The molecule has 162 valence electrons. The predicted molar refractivity (Wildman–Crippen MR) is 127 cm³/mol. The van der Waals surface area contributed by atoms with Crippen molar-refractivity contribution in [2.24, 2.45) is 0 Å². The topological polar surface area (TPSA) is 21.7 Å². The molecule has 1 heterocycles. The van der Waals surface area contributed by atoms with E-state index in [0.29, 0.717) is 5.92 Å². The van der Waals surface area contributed by atoms with Gasteiger partial charge in [0.2, 0.25) is 0 Å². The van der Waals surface area contributed by atoms with Gasteiger partial charge in [-0.25, -0.2) is 0 Å². The van der Waals surface area contributed by atoms with Crippen molar-refractivity contribution in [3.05, 3.63) is 95.6 Å². The molecule has 0 aliphatic carbocycles. The van der Waals surface area contributed by atoms with Crippen LogP contribution < -0.4 is 9.47 Å². The summed E-state index contributed by atoms with van der Waals surface area (Å²) >= 11 is 0. The zero-order valence-electron chi connectivity index (χ0n) is 18.5. The average molecular weight is 416 g/mol. The first-order valence-corrected chi connectivity index (χ1v) is 11.4. The van der Waals surface area contributed by atoms with Gasteiger partial charge in [0, 0.05) is 12.5 Å². The molecular formula is C28H33NO2. The van der Waals surface area contributed by atoms with E-state index in [1.807, 2.05) is 12.1 Å². The molecule has 3 aromatic rings. The molecular weight excluding hydrogens is 382 g/mol. The van der Waals surface area contributed by atoms with Gasteiger partial charge in [0.15, 0.2) is 0 Å². The lowest BCUT2D eigenvalue weighted by Crippen LogP contribution is -2.33. The maximum absolute atomic E-state index is 6.04. The Labute approximate surface area is 186 Å². The van der Waals surface area contributed by atoms with E-state index in [2.05, 4.69) is 71.6 Å². The van der Waals surface area contributed by atoms with Gasteiger partial charge in [-0.15, -0.1) is 0 Å². The maximum atomic E-state index is 6.04. The summed E-state index contributed by atoms with van der Waals surface area (Å²) in [6, 6.07) is 27.8. The van der Waals surface area contributed by atoms with E-state index >= 15 is 0 Å². The van der Waals surface area contributed by atoms with Crippen LogP contribution in [0.5, 0.6) is 11.5 Å². The van der Waals surface area contributed by atoms with Crippen molar-refractivity contribution in [3.8, 4) is 11.5 Å². The molecule has 1 atom stereocenters. The van der Waals surface area contributed by atoms with E-state index in [4.69, 9.17) is 9.47 Å². The summed E-state index contributed by atoms with van der Waals surface area (Å²) < 4.78 is 11.3. The second kappa shape index (κ2) is 11.0. The van der Waals surface area contributed by atoms with Crippen LogP contribution in [0.3, 0.4) is 0 Å². The Morgan fingerprint density at radius 3 is 2.06 bits per heavy atom. The number of ether oxygens (including phenoxy) is 2. The molecule has 0 amide bonds. The fraction of sp³-hybridized carbons (Fsp3) is 0.357. The number of hydrogen-bond donors (Lipinski definition) is 0. The van der Waals surface area contributed by atoms with Crippen LogP contribution in [0.2, 0.25) is 0 Å². The quantitative estimate of drug-likeness (QED) is 0.432. The van der Waals surface area contributed by atoms with Crippen LogP contribution in [0.25, 0.3) is 0 Å². The summed E-state index contributed by atoms with van der Waals surface area (Å²) in [5, 5.41) is 0. The smallest absolute Gasteiger partial charge is 0.119 e. The fourth-order valence-corrected chi connectivity index (χ4v) is 4.38.